The van der Waals surface area contributed by atoms with Crippen LogP contribution in [0.15, 0.2) is 28.8 Å². The van der Waals surface area contributed by atoms with Crippen molar-refractivity contribution in [1.82, 2.24) is 15.5 Å². The molecule has 0 saturated carbocycles. The summed E-state index contributed by atoms with van der Waals surface area (Å²) in [5.74, 6) is 3.13. The number of hydrogen-bond acceptors (Lipinski definition) is 6. The lowest BCUT2D eigenvalue weighted by atomic mass is 9.98. The minimum Gasteiger partial charge on any atom is -0.485 e. The van der Waals surface area contributed by atoms with Crippen LogP contribution in [0.25, 0.3) is 0 Å². The number of aromatic nitrogens is 2. The second-order valence-corrected chi connectivity index (χ2v) is 5.38. The van der Waals surface area contributed by atoms with Crippen LogP contribution in [0, 0.1) is 0 Å². The molecule has 3 heterocycles. The zero-order chi connectivity index (χ0) is 14.1. The molecular weight excluding hydrogens is 270 g/mol. The van der Waals surface area contributed by atoms with Gasteiger partial charge in [-0.3, -0.25) is 0 Å². The van der Waals surface area contributed by atoms with Crippen LogP contribution in [0.3, 0.4) is 0 Å². The van der Waals surface area contributed by atoms with E-state index in [0.29, 0.717) is 18.4 Å². The summed E-state index contributed by atoms with van der Waals surface area (Å²) in [5, 5.41) is 7.46. The number of hydrogen-bond donors (Lipinski definition) is 1. The Morgan fingerprint density at radius 3 is 2.76 bits per heavy atom. The van der Waals surface area contributed by atoms with Crippen LogP contribution >= 0.6 is 0 Å². The SMILES string of the molecule is c1ccc2c(c1)OCC(c1nc(C3CCNCC3)no1)O2. The molecule has 1 fully saturated rings. The lowest BCUT2D eigenvalue weighted by Gasteiger charge is -2.23. The zero-order valence-electron chi connectivity index (χ0n) is 11.6. The van der Waals surface area contributed by atoms with E-state index in [1.807, 2.05) is 24.3 Å². The van der Waals surface area contributed by atoms with Crippen molar-refractivity contribution in [3.63, 3.8) is 0 Å². The molecule has 6 heteroatoms. The molecule has 1 aromatic heterocycles. The molecule has 1 aromatic carbocycles. The van der Waals surface area contributed by atoms with Gasteiger partial charge in [0.15, 0.2) is 17.3 Å². The maximum atomic E-state index is 5.89. The van der Waals surface area contributed by atoms with E-state index >= 15 is 0 Å². The molecule has 1 unspecified atom stereocenters. The fourth-order valence-corrected chi connectivity index (χ4v) is 2.77. The third kappa shape index (κ3) is 2.47. The highest BCUT2D eigenvalue weighted by Gasteiger charge is 2.29. The van der Waals surface area contributed by atoms with E-state index in [0.717, 1.165) is 43.3 Å². The fourth-order valence-electron chi connectivity index (χ4n) is 2.77. The number of rotatable bonds is 2. The van der Waals surface area contributed by atoms with E-state index in [1.165, 1.54) is 0 Å². The summed E-state index contributed by atoms with van der Waals surface area (Å²) in [4.78, 5) is 4.52. The monoisotopic (exact) mass is 287 g/mol. The Morgan fingerprint density at radius 1 is 1.10 bits per heavy atom. The summed E-state index contributed by atoms with van der Waals surface area (Å²) in [7, 11) is 0. The fraction of sp³-hybridized carbons (Fsp3) is 0.467. The second-order valence-electron chi connectivity index (χ2n) is 5.38. The second kappa shape index (κ2) is 5.37. The standard InChI is InChI=1S/C15H17N3O3/c1-2-4-12-11(3-1)19-9-13(20-12)15-17-14(18-21-15)10-5-7-16-8-6-10/h1-4,10,13,16H,5-9H2. The highest BCUT2D eigenvalue weighted by molar-refractivity contribution is 5.40. The summed E-state index contributed by atoms with van der Waals surface area (Å²) < 4.78 is 17.0. The maximum absolute atomic E-state index is 5.89. The third-order valence-electron chi connectivity index (χ3n) is 3.95. The average molecular weight is 287 g/mol. The van der Waals surface area contributed by atoms with Gasteiger partial charge in [0.05, 0.1) is 0 Å². The van der Waals surface area contributed by atoms with Gasteiger partial charge in [0, 0.05) is 5.92 Å². The lowest BCUT2D eigenvalue weighted by molar-refractivity contribution is 0.0665. The third-order valence-corrected chi connectivity index (χ3v) is 3.95. The molecule has 1 saturated heterocycles. The van der Waals surface area contributed by atoms with Crippen LogP contribution in [0.2, 0.25) is 0 Å². The van der Waals surface area contributed by atoms with E-state index in [1.54, 1.807) is 0 Å². The molecule has 4 rings (SSSR count). The van der Waals surface area contributed by atoms with Crippen LogP contribution < -0.4 is 14.8 Å². The largest absolute Gasteiger partial charge is 0.485 e. The molecule has 21 heavy (non-hydrogen) atoms. The van der Waals surface area contributed by atoms with Gasteiger partial charge in [-0.2, -0.15) is 4.98 Å². The van der Waals surface area contributed by atoms with Crippen molar-refractivity contribution in [2.45, 2.75) is 24.9 Å². The number of piperidine rings is 1. The van der Waals surface area contributed by atoms with Crippen molar-refractivity contribution in [3.05, 3.63) is 36.0 Å². The minimum absolute atomic E-state index is 0.331. The summed E-state index contributed by atoms with van der Waals surface area (Å²) in [5.41, 5.74) is 0. The predicted molar refractivity (Wildman–Crippen MR) is 74.4 cm³/mol. The number of nitrogens with zero attached hydrogens (tertiary/aromatic N) is 2. The molecule has 2 aliphatic heterocycles. The van der Waals surface area contributed by atoms with Gasteiger partial charge in [0.25, 0.3) is 5.89 Å². The van der Waals surface area contributed by atoms with E-state index in [-0.39, 0.29) is 6.10 Å². The summed E-state index contributed by atoms with van der Waals surface area (Å²) in [6.07, 6.45) is 1.76. The number of fused-ring (bicyclic) bond motifs is 1. The molecule has 1 atom stereocenters. The Hall–Kier alpha value is -2.08. The smallest absolute Gasteiger partial charge is 0.271 e. The Bertz CT molecular complexity index is 622. The molecule has 0 spiro atoms. The van der Waals surface area contributed by atoms with Gasteiger partial charge in [0.1, 0.15) is 6.61 Å². The van der Waals surface area contributed by atoms with Crippen molar-refractivity contribution in [1.29, 1.82) is 0 Å². The van der Waals surface area contributed by atoms with Crippen LogP contribution in [0.5, 0.6) is 11.5 Å². The van der Waals surface area contributed by atoms with Crippen LogP contribution in [-0.4, -0.2) is 29.8 Å². The quantitative estimate of drug-likeness (QED) is 0.911. The van der Waals surface area contributed by atoms with Crippen LogP contribution in [-0.2, 0) is 0 Å². The van der Waals surface area contributed by atoms with Crippen molar-refractivity contribution >= 4 is 0 Å². The first-order chi connectivity index (χ1) is 10.4. The minimum atomic E-state index is -0.331. The van der Waals surface area contributed by atoms with Crippen LogP contribution in [0.1, 0.15) is 36.6 Å². The van der Waals surface area contributed by atoms with Crippen molar-refractivity contribution in [2.75, 3.05) is 19.7 Å². The van der Waals surface area contributed by atoms with Gasteiger partial charge in [-0.15, -0.1) is 0 Å². The first kappa shape index (κ1) is 12.6. The zero-order valence-corrected chi connectivity index (χ0v) is 11.6. The van der Waals surface area contributed by atoms with Gasteiger partial charge in [-0.05, 0) is 38.1 Å². The molecule has 0 bridgehead atoms. The topological polar surface area (TPSA) is 69.4 Å². The summed E-state index contributed by atoms with van der Waals surface area (Å²) in [6, 6.07) is 7.61. The lowest BCUT2D eigenvalue weighted by Crippen LogP contribution is -2.27. The highest BCUT2D eigenvalue weighted by atomic mass is 16.6. The molecule has 6 nitrogen and oxygen atoms in total. The van der Waals surface area contributed by atoms with Gasteiger partial charge in [0.2, 0.25) is 6.10 Å². The summed E-state index contributed by atoms with van der Waals surface area (Å²) >= 11 is 0. The molecule has 0 amide bonds. The Balaban J connectivity index is 1.51. The van der Waals surface area contributed by atoms with E-state index in [4.69, 9.17) is 14.0 Å². The van der Waals surface area contributed by atoms with Gasteiger partial charge in [-0.25, -0.2) is 0 Å². The number of para-hydroxylation sites is 2. The Labute approximate surface area is 122 Å². The van der Waals surface area contributed by atoms with E-state index < -0.39 is 0 Å². The Kier molecular flexibility index (Phi) is 3.23. The molecule has 2 aliphatic rings. The number of ether oxygens (including phenoxy) is 2. The molecule has 0 radical (unpaired) electrons. The Morgan fingerprint density at radius 2 is 1.90 bits per heavy atom. The maximum Gasteiger partial charge on any atom is 0.271 e. The molecule has 2 aromatic rings. The first-order valence-electron chi connectivity index (χ1n) is 7.33. The summed E-state index contributed by atoms with van der Waals surface area (Å²) in [6.45, 7) is 2.40. The van der Waals surface area contributed by atoms with Crippen molar-refractivity contribution in [3.8, 4) is 11.5 Å². The number of nitrogens with one attached hydrogen (secondary N) is 1. The average Bonchev–Trinajstić information content (AvgIpc) is 3.05. The van der Waals surface area contributed by atoms with Gasteiger partial charge >= 0.3 is 0 Å². The normalized spacial score (nSPS) is 22.2. The molecule has 1 N–H and O–H groups in total. The molecule has 0 aliphatic carbocycles. The number of benzene rings is 1. The van der Waals surface area contributed by atoms with Crippen molar-refractivity contribution in [2.24, 2.45) is 0 Å². The van der Waals surface area contributed by atoms with Gasteiger partial charge < -0.3 is 19.3 Å². The van der Waals surface area contributed by atoms with E-state index in [2.05, 4.69) is 15.5 Å². The van der Waals surface area contributed by atoms with E-state index in [9.17, 15) is 0 Å². The van der Waals surface area contributed by atoms with Crippen molar-refractivity contribution < 1.29 is 14.0 Å². The highest BCUT2D eigenvalue weighted by Crippen LogP contribution is 2.35. The first-order valence-corrected chi connectivity index (χ1v) is 7.33. The molecule has 110 valence electrons. The van der Waals surface area contributed by atoms with Gasteiger partial charge in [-0.1, -0.05) is 17.3 Å². The molecular formula is C15H17N3O3. The van der Waals surface area contributed by atoms with Crippen LogP contribution in [0.4, 0.5) is 0 Å². The predicted octanol–water partition coefficient (Wildman–Crippen LogP) is 2.05.